The number of aromatic nitrogens is 3. The molecule has 0 bridgehead atoms. The molecule has 5 rings (SSSR count). The number of rotatable bonds is 8. The lowest BCUT2D eigenvalue weighted by molar-refractivity contribution is 0.100. The van der Waals surface area contributed by atoms with Crippen LogP contribution in [0, 0.1) is 5.41 Å². The summed E-state index contributed by atoms with van der Waals surface area (Å²) in [5, 5.41) is 14.5. The Morgan fingerprint density at radius 3 is 2.69 bits per heavy atom. The number of carbonyl (C=O) groups excluding carboxylic acids is 2. The van der Waals surface area contributed by atoms with Gasteiger partial charge in [0.15, 0.2) is 0 Å². The number of benzene rings is 2. The molecule has 1 aliphatic rings. The van der Waals surface area contributed by atoms with Crippen LogP contribution in [0.5, 0.6) is 0 Å². The minimum Gasteiger partial charge on any atom is -0.384 e. The van der Waals surface area contributed by atoms with Gasteiger partial charge in [-0.1, -0.05) is 12.1 Å². The summed E-state index contributed by atoms with van der Waals surface area (Å²) < 4.78 is 0. The number of fused-ring (bicyclic) bond motifs is 1. The highest BCUT2D eigenvalue weighted by atomic mass is 16.2. The number of urea groups is 1. The number of nitrogens with one attached hydrogen (secondary N) is 4. The van der Waals surface area contributed by atoms with Crippen LogP contribution >= 0.6 is 0 Å². The normalized spacial score (nSPS) is 13.1. The van der Waals surface area contributed by atoms with Crippen LogP contribution in [0.1, 0.15) is 15.9 Å². The number of carbonyl (C=O) groups is 2. The zero-order chi connectivity index (χ0) is 25.2. The van der Waals surface area contributed by atoms with Crippen LogP contribution in [0.3, 0.4) is 0 Å². The van der Waals surface area contributed by atoms with Crippen molar-refractivity contribution in [2.45, 2.75) is 0 Å². The van der Waals surface area contributed by atoms with Crippen LogP contribution in [0.25, 0.3) is 33.3 Å². The van der Waals surface area contributed by atoms with E-state index in [2.05, 4.69) is 25.6 Å². The number of amidine groups is 1. The van der Waals surface area contributed by atoms with Crippen LogP contribution in [-0.2, 0) is 0 Å². The van der Waals surface area contributed by atoms with Crippen molar-refractivity contribution in [3.8, 4) is 22.4 Å². The average molecular weight is 484 g/mol. The van der Waals surface area contributed by atoms with Crippen LogP contribution in [-0.4, -0.2) is 63.8 Å². The second kappa shape index (κ2) is 9.37. The fourth-order valence-corrected chi connectivity index (χ4v) is 4.30. The third kappa shape index (κ3) is 4.41. The largest absolute Gasteiger partial charge is 0.384 e. The number of amides is 3. The van der Waals surface area contributed by atoms with Gasteiger partial charge in [-0.05, 0) is 41.5 Å². The first kappa shape index (κ1) is 22.8. The number of nitrogen functional groups attached to an aromatic ring is 1. The minimum absolute atomic E-state index is 0.0475. The van der Waals surface area contributed by atoms with Crippen LogP contribution in [0.4, 0.5) is 10.7 Å². The number of nitrogens with two attached hydrogens (primary N) is 2. The molecule has 1 aliphatic heterocycles. The molecule has 11 nitrogen and oxygen atoms in total. The molecule has 0 spiro atoms. The quantitative estimate of drug-likeness (QED) is 0.165. The molecular formula is C25H25N9O2. The van der Waals surface area contributed by atoms with Gasteiger partial charge in [-0.25, -0.2) is 14.8 Å². The molecular weight excluding hydrogens is 458 g/mol. The van der Waals surface area contributed by atoms with E-state index in [4.69, 9.17) is 16.9 Å². The highest BCUT2D eigenvalue weighted by Crippen LogP contribution is 2.32. The van der Waals surface area contributed by atoms with Gasteiger partial charge in [-0.15, -0.1) is 0 Å². The van der Waals surface area contributed by atoms with Gasteiger partial charge in [0, 0.05) is 66.2 Å². The van der Waals surface area contributed by atoms with E-state index in [0.29, 0.717) is 54.5 Å². The first-order valence-corrected chi connectivity index (χ1v) is 11.4. The number of anilines is 1. The van der Waals surface area contributed by atoms with Crippen molar-refractivity contribution >= 4 is 34.6 Å². The van der Waals surface area contributed by atoms with Crippen molar-refractivity contribution in [3.63, 3.8) is 0 Å². The number of hydrogen-bond acceptors (Lipinski definition) is 6. The van der Waals surface area contributed by atoms with E-state index in [1.54, 1.807) is 35.5 Å². The van der Waals surface area contributed by atoms with E-state index < -0.39 is 5.91 Å². The molecule has 3 amide bonds. The molecule has 11 heteroatoms. The lowest BCUT2D eigenvalue weighted by Crippen LogP contribution is -2.32. The maximum Gasteiger partial charge on any atom is 0.317 e. The summed E-state index contributed by atoms with van der Waals surface area (Å²) in [6.07, 6.45) is 3.34. The molecule has 2 aromatic heterocycles. The molecule has 182 valence electrons. The van der Waals surface area contributed by atoms with E-state index >= 15 is 0 Å². The van der Waals surface area contributed by atoms with Crippen molar-refractivity contribution in [2.24, 2.45) is 11.5 Å². The zero-order valence-electron chi connectivity index (χ0n) is 19.3. The fraction of sp³-hybridized carbons (Fsp3) is 0.160. The highest BCUT2D eigenvalue weighted by Gasteiger charge is 2.19. The summed E-state index contributed by atoms with van der Waals surface area (Å²) in [7, 11) is 0. The number of nitrogens with zero attached hydrogens (tertiary/aromatic N) is 3. The predicted molar refractivity (Wildman–Crippen MR) is 138 cm³/mol. The van der Waals surface area contributed by atoms with Crippen molar-refractivity contribution in [2.75, 3.05) is 31.5 Å². The van der Waals surface area contributed by atoms with Crippen molar-refractivity contribution in [3.05, 3.63) is 66.0 Å². The molecule has 2 aromatic carbocycles. The third-order valence-electron chi connectivity index (χ3n) is 6.13. The summed E-state index contributed by atoms with van der Waals surface area (Å²) in [4.78, 5) is 37.6. The Morgan fingerprint density at radius 1 is 1.11 bits per heavy atom. The molecule has 3 heterocycles. The standard InChI is InChI=1S/C25H25N9O2/c26-22(27)19-13-32-21-4-2-14(11-18(19)21)17-12-15(1-3-16(17)23(28)35)20-5-6-29-24(33-20)30-7-9-34-10-8-31-25(34)36/h1-6,11-13,32H,7-10H2,(H3,26,27)(H2,28,35)(H,31,36)(H,29,30,33). The molecule has 4 aromatic rings. The van der Waals surface area contributed by atoms with Crippen LogP contribution in [0.2, 0.25) is 0 Å². The first-order valence-electron chi connectivity index (χ1n) is 11.4. The van der Waals surface area contributed by atoms with E-state index in [1.165, 1.54) is 0 Å². The maximum atomic E-state index is 12.2. The van der Waals surface area contributed by atoms with Gasteiger partial charge in [-0.2, -0.15) is 0 Å². The van der Waals surface area contributed by atoms with Crippen LogP contribution < -0.4 is 22.1 Å². The van der Waals surface area contributed by atoms with Gasteiger partial charge in [-0.3, -0.25) is 10.2 Å². The van der Waals surface area contributed by atoms with Gasteiger partial charge in [0.2, 0.25) is 11.9 Å². The highest BCUT2D eigenvalue weighted by molar-refractivity contribution is 6.09. The lowest BCUT2D eigenvalue weighted by Gasteiger charge is -2.14. The SMILES string of the molecule is N=C(N)c1c[nH]c2ccc(-c3cc(-c4ccnc(NCCN5CCNC5=O)n4)ccc3C(N)=O)cc12. The minimum atomic E-state index is -0.548. The Hall–Kier alpha value is -4.93. The van der Waals surface area contributed by atoms with Crippen molar-refractivity contribution in [1.29, 1.82) is 5.41 Å². The Labute approximate surface area is 206 Å². The van der Waals surface area contributed by atoms with E-state index in [0.717, 1.165) is 22.0 Å². The number of aromatic amines is 1. The molecule has 1 saturated heterocycles. The predicted octanol–water partition coefficient (Wildman–Crippen LogP) is 2.11. The monoisotopic (exact) mass is 483 g/mol. The third-order valence-corrected chi connectivity index (χ3v) is 6.13. The smallest absolute Gasteiger partial charge is 0.317 e. The van der Waals surface area contributed by atoms with E-state index in [1.807, 2.05) is 24.3 Å². The summed E-state index contributed by atoms with van der Waals surface area (Å²) >= 11 is 0. The molecule has 0 atom stereocenters. The summed E-state index contributed by atoms with van der Waals surface area (Å²) in [5.41, 5.74) is 16.0. The topological polar surface area (TPSA) is 179 Å². The molecule has 0 saturated carbocycles. The van der Waals surface area contributed by atoms with Gasteiger partial charge < -0.3 is 32.0 Å². The molecule has 1 fully saturated rings. The Bertz CT molecular complexity index is 1490. The molecule has 0 radical (unpaired) electrons. The molecule has 8 N–H and O–H groups in total. The first-order chi connectivity index (χ1) is 17.4. The number of hydrogen-bond donors (Lipinski definition) is 6. The molecule has 0 aliphatic carbocycles. The average Bonchev–Trinajstić information content (AvgIpc) is 3.49. The van der Waals surface area contributed by atoms with Gasteiger partial charge >= 0.3 is 6.03 Å². The lowest BCUT2D eigenvalue weighted by atomic mass is 9.94. The molecule has 0 unspecified atom stereocenters. The number of H-pyrrole nitrogens is 1. The van der Waals surface area contributed by atoms with E-state index in [-0.39, 0.29) is 11.9 Å². The second-order valence-corrected chi connectivity index (χ2v) is 8.41. The van der Waals surface area contributed by atoms with Crippen LogP contribution in [0.15, 0.2) is 54.9 Å². The molecule has 36 heavy (non-hydrogen) atoms. The fourth-order valence-electron chi connectivity index (χ4n) is 4.30. The van der Waals surface area contributed by atoms with Gasteiger partial charge in [0.25, 0.3) is 0 Å². The van der Waals surface area contributed by atoms with Crippen molar-refractivity contribution in [1.82, 2.24) is 25.2 Å². The maximum absolute atomic E-state index is 12.2. The van der Waals surface area contributed by atoms with Crippen molar-refractivity contribution < 1.29 is 9.59 Å². The zero-order valence-corrected chi connectivity index (χ0v) is 19.3. The Morgan fingerprint density at radius 2 is 1.94 bits per heavy atom. The number of primary amides is 1. The summed E-state index contributed by atoms with van der Waals surface area (Å²) in [5.74, 6) is -0.158. The van der Waals surface area contributed by atoms with E-state index in [9.17, 15) is 9.59 Å². The summed E-state index contributed by atoms with van der Waals surface area (Å²) in [6.45, 7) is 2.39. The Balaban J connectivity index is 1.46. The Kier molecular flexibility index (Phi) is 5.95. The van der Waals surface area contributed by atoms with Gasteiger partial charge in [0.05, 0.1) is 5.69 Å². The summed E-state index contributed by atoms with van der Waals surface area (Å²) in [6, 6.07) is 12.7. The van der Waals surface area contributed by atoms with Gasteiger partial charge in [0.1, 0.15) is 5.84 Å². The second-order valence-electron chi connectivity index (χ2n) is 8.41.